The minimum Gasteiger partial charge on any atom is -0.395 e. The molecular formula is C22H27FN4O3S. The zero-order chi connectivity index (χ0) is 22.6. The van der Waals surface area contributed by atoms with Crippen LogP contribution < -0.4 is 5.14 Å². The molecule has 1 heterocycles. The maximum atomic E-state index is 14.9. The van der Waals surface area contributed by atoms with Gasteiger partial charge in [-0.2, -0.15) is 5.10 Å². The summed E-state index contributed by atoms with van der Waals surface area (Å²) >= 11 is 0. The van der Waals surface area contributed by atoms with Gasteiger partial charge in [0, 0.05) is 25.2 Å². The Morgan fingerprint density at radius 1 is 1.19 bits per heavy atom. The van der Waals surface area contributed by atoms with Crippen molar-refractivity contribution in [3.63, 3.8) is 0 Å². The van der Waals surface area contributed by atoms with Crippen molar-refractivity contribution in [3.8, 4) is 5.69 Å². The number of hydrogen-bond donors (Lipinski definition) is 2. The summed E-state index contributed by atoms with van der Waals surface area (Å²) in [5, 5.41) is 19.0. The van der Waals surface area contributed by atoms with Crippen molar-refractivity contribution in [3.05, 3.63) is 76.9 Å². The SMILES string of the molecule is CCN(CCO)Cc1cc(Cc2cccc(C)c2)n(-c2ccc(S(N)(=O)=O)cc2F)n1. The van der Waals surface area contributed by atoms with Crippen LogP contribution in [0.25, 0.3) is 5.69 Å². The number of nitrogens with zero attached hydrogens (tertiary/aromatic N) is 3. The van der Waals surface area contributed by atoms with Crippen molar-refractivity contribution in [1.29, 1.82) is 0 Å². The first-order valence-corrected chi connectivity index (χ1v) is 11.5. The normalized spacial score (nSPS) is 11.9. The molecule has 0 radical (unpaired) electrons. The number of benzene rings is 2. The maximum Gasteiger partial charge on any atom is 0.238 e. The molecule has 0 aliphatic rings. The van der Waals surface area contributed by atoms with E-state index in [1.807, 2.05) is 43.0 Å². The average Bonchev–Trinajstić information content (AvgIpc) is 3.08. The van der Waals surface area contributed by atoms with E-state index in [1.165, 1.54) is 16.8 Å². The second-order valence-electron chi connectivity index (χ2n) is 7.46. The molecule has 1 aromatic heterocycles. The van der Waals surface area contributed by atoms with Crippen molar-refractivity contribution in [1.82, 2.24) is 14.7 Å². The number of aliphatic hydroxyl groups excluding tert-OH is 1. The highest BCUT2D eigenvalue weighted by Gasteiger charge is 2.18. The first kappa shape index (κ1) is 23.1. The van der Waals surface area contributed by atoms with Gasteiger partial charge < -0.3 is 5.11 Å². The van der Waals surface area contributed by atoms with Crippen molar-refractivity contribution in [2.75, 3.05) is 19.7 Å². The van der Waals surface area contributed by atoms with E-state index in [2.05, 4.69) is 11.2 Å². The molecule has 0 bridgehead atoms. The lowest BCUT2D eigenvalue weighted by molar-refractivity contribution is 0.195. The topological polar surface area (TPSA) is 101 Å². The molecule has 0 atom stereocenters. The summed E-state index contributed by atoms with van der Waals surface area (Å²) in [5.41, 5.74) is 3.81. The van der Waals surface area contributed by atoms with Gasteiger partial charge in [0.25, 0.3) is 0 Å². The molecule has 2 aromatic carbocycles. The summed E-state index contributed by atoms with van der Waals surface area (Å²) in [4.78, 5) is 1.74. The molecule has 31 heavy (non-hydrogen) atoms. The van der Waals surface area contributed by atoms with E-state index in [-0.39, 0.29) is 17.2 Å². The van der Waals surface area contributed by atoms with Crippen LogP contribution in [0, 0.1) is 12.7 Å². The molecule has 7 nitrogen and oxygen atoms in total. The van der Waals surface area contributed by atoms with Crippen LogP contribution in [0.4, 0.5) is 4.39 Å². The lowest BCUT2D eigenvalue weighted by atomic mass is 10.1. The number of primary sulfonamides is 1. The van der Waals surface area contributed by atoms with E-state index >= 15 is 0 Å². The fourth-order valence-electron chi connectivity index (χ4n) is 3.47. The number of sulfonamides is 1. The van der Waals surface area contributed by atoms with Gasteiger partial charge in [-0.1, -0.05) is 36.8 Å². The summed E-state index contributed by atoms with van der Waals surface area (Å²) in [6.45, 7) is 5.78. The fourth-order valence-corrected chi connectivity index (χ4v) is 4.00. The molecule has 166 valence electrons. The Bertz CT molecular complexity index is 1160. The zero-order valence-corrected chi connectivity index (χ0v) is 18.4. The standard InChI is InChI=1S/C22H27FN4O3S/c1-3-26(9-10-28)15-18-13-19(12-17-6-4-5-16(2)11-17)27(25-18)22-8-7-20(14-21(22)23)31(24,29)30/h4-8,11,13-14,28H,3,9-10,12,15H2,1-2H3,(H2,24,29,30). The predicted molar refractivity (Wildman–Crippen MR) is 117 cm³/mol. The molecule has 3 aromatic rings. The van der Waals surface area contributed by atoms with Gasteiger partial charge in [-0.15, -0.1) is 0 Å². The van der Waals surface area contributed by atoms with Gasteiger partial charge >= 0.3 is 0 Å². The Kier molecular flexibility index (Phi) is 7.22. The second kappa shape index (κ2) is 9.69. The van der Waals surface area contributed by atoms with E-state index in [0.717, 1.165) is 35.1 Å². The molecule has 9 heteroatoms. The second-order valence-corrected chi connectivity index (χ2v) is 9.02. The van der Waals surface area contributed by atoms with Gasteiger partial charge in [0.1, 0.15) is 11.5 Å². The molecule has 0 fully saturated rings. The number of rotatable bonds is 9. The van der Waals surface area contributed by atoms with Gasteiger partial charge in [-0.25, -0.2) is 22.6 Å². The third kappa shape index (κ3) is 5.76. The molecule has 3 N–H and O–H groups in total. The molecule has 0 aliphatic carbocycles. The zero-order valence-electron chi connectivity index (χ0n) is 17.6. The number of aryl methyl sites for hydroxylation is 1. The minimum absolute atomic E-state index is 0.0361. The van der Waals surface area contributed by atoms with Gasteiger partial charge in [-0.05, 0) is 43.3 Å². The smallest absolute Gasteiger partial charge is 0.238 e. The van der Waals surface area contributed by atoms with Crippen LogP contribution in [-0.4, -0.2) is 47.9 Å². The first-order valence-electron chi connectivity index (χ1n) is 10.0. The van der Waals surface area contributed by atoms with Crippen LogP contribution in [0.5, 0.6) is 0 Å². The number of likely N-dealkylation sites (N-methyl/N-ethyl adjacent to an activating group) is 1. The Labute approximate surface area is 182 Å². The van der Waals surface area contributed by atoms with Crippen LogP contribution >= 0.6 is 0 Å². The molecule has 3 rings (SSSR count). The highest BCUT2D eigenvalue weighted by atomic mass is 32.2. The molecule has 0 saturated heterocycles. The van der Waals surface area contributed by atoms with Crippen molar-refractivity contribution >= 4 is 10.0 Å². The summed E-state index contributed by atoms with van der Waals surface area (Å²) in [6, 6.07) is 13.5. The lowest BCUT2D eigenvalue weighted by Crippen LogP contribution is -2.26. The van der Waals surface area contributed by atoms with Crippen LogP contribution in [0.3, 0.4) is 0 Å². The molecule has 0 aliphatic heterocycles. The lowest BCUT2D eigenvalue weighted by Gasteiger charge is -2.17. The Morgan fingerprint density at radius 3 is 2.58 bits per heavy atom. The minimum atomic E-state index is -4.01. The van der Waals surface area contributed by atoms with Crippen molar-refractivity contribution < 1.29 is 17.9 Å². The number of halogens is 1. The van der Waals surface area contributed by atoms with Crippen LogP contribution in [-0.2, 0) is 23.0 Å². The first-order chi connectivity index (χ1) is 14.7. The van der Waals surface area contributed by atoms with Crippen LogP contribution in [0.1, 0.15) is 29.4 Å². The number of aliphatic hydroxyl groups is 1. The summed E-state index contributed by atoms with van der Waals surface area (Å²) in [7, 11) is -4.01. The van der Waals surface area contributed by atoms with Gasteiger partial charge in [0.2, 0.25) is 10.0 Å². The van der Waals surface area contributed by atoms with E-state index < -0.39 is 15.8 Å². The molecule has 0 amide bonds. The van der Waals surface area contributed by atoms with Crippen molar-refractivity contribution in [2.24, 2.45) is 5.14 Å². The number of hydrogen-bond acceptors (Lipinski definition) is 5. The summed E-state index contributed by atoms with van der Waals surface area (Å²) in [5.74, 6) is -0.727. The van der Waals surface area contributed by atoms with Gasteiger partial charge in [0.05, 0.1) is 17.2 Å². The summed E-state index contributed by atoms with van der Waals surface area (Å²) in [6.07, 6.45) is 0.525. The van der Waals surface area contributed by atoms with Gasteiger partial charge in [0.15, 0.2) is 0 Å². The number of aromatic nitrogens is 2. The van der Waals surface area contributed by atoms with Gasteiger partial charge in [-0.3, -0.25) is 4.90 Å². The van der Waals surface area contributed by atoms with Crippen molar-refractivity contribution in [2.45, 2.75) is 31.7 Å². The van der Waals surface area contributed by atoms with E-state index in [1.54, 1.807) is 0 Å². The van der Waals surface area contributed by atoms with Crippen LogP contribution in [0.15, 0.2) is 53.4 Å². The summed E-state index contributed by atoms with van der Waals surface area (Å²) < 4.78 is 39.5. The van der Waals surface area contributed by atoms with E-state index in [0.29, 0.717) is 19.5 Å². The van der Waals surface area contributed by atoms with E-state index in [9.17, 15) is 17.9 Å². The third-order valence-corrected chi connectivity index (χ3v) is 5.94. The third-order valence-electron chi connectivity index (χ3n) is 5.03. The highest BCUT2D eigenvalue weighted by molar-refractivity contribution is 7.89. The maximum absolute atomic E-state index is 14.9. The van der Waals surface area contributed by atoms with Crippen LogP contribution in [0.2, 0.25) is 0 Å². The Morgan fingerprint density at radius 2 is 1.97 bits per heavy atom. The molecular weight excluding hydrogens is 419 g/mol. The molecule has 0 spiro atoms. The Balaban J connectivity index is 2.04. The number of nitrogens with two attached hydrogens (primary N) is 1. The monoisotopic (exact) mass is 446 g/mol. The quantitative estimate of drug-likeness (QED) is 0.526. The largest absolute Gasteiger partial charge is 0.395 e. The molecule has 0 saturated carbocycles. The molecule has 0 unspecified atom stereocenters. The fraction of sp³-hybridized carbons (Fsp3) is 0.318. The van der Waals surface area contributed by atoms with E-state index in [4.69, 9.17) is 5.14 Å². The average molecular weight is 447 g/mol. The predicted octanol–water partition coefficient (Wildman–Crippen LogP) is 2.37. The Hall–Kier alpha value is -2.59. The highest BCUT2D eigenvalue weighted by Crippen LogP contribution is 2.22.